The number of primary amides is 1. The lowest BCUT2D eigenvalue weighted by Crippen LogP contribution is -2.52. The van der Waals surface area contributed by atoms with Crippen molar-refractivity contribution >= 4 is 23.8 Å². The number of rotatable bonds is 14. The van der Waals surface area contributed by atoms with E-state index in [1.54, 1.807) is 20.8 Å². The van der Waals surface area contributed by atoms with Crippen LogP contribution in [0, 0.1) is 0 Å². The van der Waals surface area contributed by atoms with Crippen LogP contribution in [0.4, 0.5) is 4.79 Å². The van der Waals surface area contributed by atoms with Gasteiger partial charge in [-0.1, -0.05) is 18.0 Å². The number of carbonyl (C=O) groups is 4. The fraction of sp³-hybridized carbons (Fsp3) is 0.789. The molecule has 31 heavy (non-hydrogen) atoms. The molecule has 0 aliphatic carbocycles. The van der Waals surface area contributed by atoms with Gasteiger partial charge in [0.05, 0.1) is 0 Å². The van der Waals surface area contributed by atoms with E-state index >= 15 is 0 Å². The van der Waals surface area contributed by atoms with Crippen LogP contribution in [0.25, 0.3) is 10.4 Å². The summed E-state index contributed by atoms with van der Waals surface area (Å²) in [5, 5.41) is 8.91. The van der Waals surface area contributed by atoms with E-state index < -0.39 is 35.6 Å². The van der Waals surface area contributed by atoms with Crippen LogP contribution in [0.15, 0.2) is 5.11 Å². The molecule has 0 saturated heterocycles. The van der Waals surface area contributed by atoms with E-state index in [0.29, 0.717) is 18.4 Å². The van der Waals surface area contributed by atoms with Gasteiger partial charge < -0.3 is 26.4 Å². The molecule has 0 rings (SSSR count). The first kappa shape index (κ1) is 26.0. The van der Waals surface area contributed by atoms with Gasteiger partial charge in [0, 0.05) is 24.4 Å². The van der Waals surface area contributed by atoms with Crippen LogP contribution in [0.3, 0.4) is 0 Å². The van der Waals surface area contributed by atoms with Crippen LogP contribution in [0.2, 0.25) is 1.41 Å². The number of nitrogens with one attached hydrogen (secondary N) is 3. The number of unbranched alkanes of at least 4 members (excludes halogenated alkanes) is 3. The maximum atomic E-state index is 12.3. The van der Waals surface area contributed by atoms with E-state index in [1.165, 1.54) is 6.92 Å². The number of amides is 4. The Morgan fingerprint density at radius 1 is 1.19 bits per heavy atom. The molecule has 0 radical (unpaired) electrons. The van der Waals surface area contributed by atoms with Gasteiger partial charge >= 0.3 is 6.09 Å². The monoisotopic (exact) mass is 442 g/mol. The standard InChI is InChI=1S/C19H35N7O5/c1-13(24-18(30)31-19(2,3)4)17(29)25-14(16(20)28)9-10-15(27)22-11-7-5-6-8-12-23-26-21/h13-14H,5-12H2,1-4H3,(H2,20,28)(H,22,27)(H,24,30)(H,25,29)/t13-,14-/m0/s1/i/hD. The molecule has 0 unspecified atom stereocenters. The van der Waals surface area contributed by atoms with E-state index in [9.17, 15) is 19.2 Å². The van der Waals surface area contributed by atoms with Gasteiger partial charge in [-0.15, -0.1) is 0 Å². The second-order valence-electron chi connectivity index (χ2n) is 8.01. The highest BCUT2D eigenvalue weighted by Gasteiger charge is 2.25. The van der Waals surface area contributed by atoms with Gasteiger partial charge in [0.2, 0.25) is 17.7 Å². The predicted molar refractivity (Wildman–Crippen MR) is 115 cm³/mol. The third-order valence-electron chi connectivity index (χ3n) is 3.96. The van der Waals surface area contributed by atoms with E-state index in [4.69, 9.17) is 17.4 Å². The fourth-order valence-corrected chi connectivity index (χ4v) is 2.38. The SMILES string of the molecule is [2H]N(C(=O)OC(C)(C)C)[C@@H](C)C(=O)N[C@@H](CCC(=O)NCCCCCCN=[N+]=[N-])C(N)=O. The molecule has 0 saturated carbocycles. The van der Waals surface area contributed by atoms with Crippen LogP contribution >= 0.6 is 0 Å². The summed E-state index contributed by atoms with van der Waals surface area (Å²) in [7, 11) is 0. The number of ether oxygens (including phenoxy) is 1. The Morgan fingerprint density at radius 2 is 1.84 bits per heavy atom. The normalized spacial score (nSPS) is 13.1. The first-order valence-electron chi connectivity index (χ1n) is 10.7. The fourth-order valence-electron chi connectivity index (χ4n) is 2.38. The van der Waals surface area contributed by atoms with Crippen LogP contribution < -0.4 is 21.7 Å². The zero-order valence-electron chi connectivity index (χ0n) is 19.7. The van der Waals surface area contributed by atoms with Crippen LogP contribution in [-0.2, 0) is 19.1 Å². The third kappa shape index (κ3) is 15.5. The Bertz CT molecular complexity index is 692. The maximum absolute atomic E-state index is 12.3. The number of alkyl carbamates (subject to hydrolysis) is 1. The largest absolute Gasteiger partial charge is 0.444 e. The van der Waals surface area contributed by atoms with E-state index in [0.717, 1.165) is 25.7 Å². The molecule has 0 bridgehead atoms. The number of azide groups is 1. The molecule has 5 N–H and O–H groups in total. The third-order valence-corrected chi connectivity index (χ3v) is 3.96. The first-order valence-corrected chi connectivity index (χ1v) is 10.3. The summed E-state index contributed by atoms with van der Waals surface area (Å²) < 4.78 is 12.8. The van der Waals surface area contributed by atoms with Crippen molar-refractivity contribution < 1.29 is 25.3 Å². The molecule has 0 fully saturated rings. The summed E-state index contributed by atoms with van der Waals surface area (Å²) in [6, 6.07) is -2.36. The number of carbonyl (C=O) groups excluding carboxylic acids is 4. The van der Waals surface area contributed by atoms with Gasteiger partial charge in [-0.25, -0.2) is 4.79 Å². The molecule has 2 atom stereocenters. The molecule has 12 heteroatoms. The molecule has 0 aromatic rings. The second-order valence-corrected chi connectivity index (χ2v) is 8.01. The van der Waals surface area contributed by atoms with Gasteiger partial charge in [-0.3, -0.25) is 14.4 Å². The lowest BCUT2D eigenvalue weighted by atomic mass is 10.1. The minimum atomic E-state index is -1.24. The predicted octanol–water partition coefficient (Wildman–Crippen LogP) is 1.64. The van der Waals surface area contributed by atoms with Crippen molar-refractivity contribution in [1.82, 2.24) is 15.9 Å². The molecule has 0 aromatic heterocycles. The van der Waals surface area contributed by atoms with Crippen LogP contribution in [0.5, 0.6) is 0 Å². The van der Waals surface area contributed by atoms with E-state index in [1.807, 2.05) is 0 Å². The highest BCUT2D eigenvalue weighted by atomic mass is 16.6. The quantitative estimate of drug-likeness (QED) is 0.137. The molecule has 0 aromatic carbocycles. The number of hydrogen-bond acceptors (Lipinski definition) is 6. The topological polar surface area (TPSA) is 188 Å². The van der Waals surface area contributed by atoms with Gasteiger partial charge in [0.25, 0.3) is 0 Å². The van der Waals surface area contributed by atoms with Crippen molar-refractivity contribution in [2.75, 3.05) is 13.1 Å². The van der Waals surface area contributed by atoms with Crippen molar-refractivity contribution in [3.05, 3.63) is 10.4 Å². The van der Waals surface area contributed by atoms with Gasteiger partial charge in [0.15, 0.2) is 1.41 Å². The lowest BCUT2D eigenvalue weighted by molar-refractivity contribution is -0.129. The summed E-state index contributed by atoms with van der Waals surface area (Å²) in [6.07, 6.45) is 2.26. The summed E-state index contributed by atoms with van der Waals surface area (Å²) in [6.45, 7) is 7.12. The zero-order valence-corrected chi connectivity index (χ0v) is 18.7. The molecule has 0 spiro atoms. The maximum Gasteiger partial charge on any atom is 0.408 e. The smallest absolute Gasteiger partial charge is 0.408 e. The first-order chi connectivity index (χ1) is 14.9. The Labute approximate surface area is 184 Å². The Balaban J connectivity index is 4.41. The minimum absolute atomic E-state index is 0.0176. The molecule has 176 valence electrons. The summed E-state index contributed by atoms with van der Waals surface area (Å²) in [5.74, 6) is -1.88. The number of nitrogens with zero attached hydrogens (tertiary/aromatic N) is 3. The average Bonchev–Trinajstić information content (AvgIpc) is 2.70. The van der Waals surface area contributed by atoms with Gasteiger partial charge in [-0.2, -0.15) is 0 Å². The van der Waals surface area contributed by atoms with Crippen molar-refractivity contribution in [3.8, 4) is 0 Å². The van der Waals surface area contributed by atoms with Crippen LogP contribution in [0.1, 0.15) is 66.2 Å². The molecular weight excluding hydrogens is 406 g/mol. The molecule has 0 heterocycles. The van der Waals surface area contributed by atoms with Crippen molar-refractivity contribution in [2.24, 2.45) is 10.8 Å². The van der Waals surface area contributed by atoms with Gasteiger partial charge in [-0.05, 0) is 52.5 Å². The number of nitrogens with two attached hydrogens (primary N) is 1. The number of hydrogen-bond donors (Lipinski definition) is 4. The Morgan fingerprint density at radius 3 is 2.42 bits per heavy atom. The average molecular weight is 443 g/mol. The molecule has 4 amide bonds. The van der Waals surface area contributed by atoms with Crippen molar-refractivity contribution in [1.29, 1.82) is 0 Å². The zero-order chi connectivity index (χ0) is 24.7. The lowest BCUT2D eigenvalue weighted by Gasteiger charge is -2.23. The second kappa shape index (κ2) is 14.9. The molecule has 12 nitrogen and oxygen atoms in total. The minimum Gasteiger partial charge on any atom is -0.444 e. The summed E-state index contributed by atoms with van der Waals surface area (Å²) in [5.41, 5.74) is 12.7. The van der Waals surface area contributed by atoms with Crippen molar-refractivity contribution in [3.63, 3.8) is 0 Å². The molecule has 0 aliphatic heterocycles. The summed E-state index contributed by atoms with van der Waals surface area (Å²) in [4.78, 5) is 50.6. The van der Waals surface area contributed by atoms with Crippen molar-refractivity contribution in [2.45, 2.75) is 83.9 Å². The Hall–Kier alpha value is -3.01. The highest BCUT2D eigenvalue weighted by molar-refractivity contribution is 5.90. The molecular formula is C19H35N7O5. The van der Waals surface area contributed by atoms with Gasteiger partial charge in [0.1, 0.15) is 17.7 Å². The highest BCUT2D eigenvalue weighted by Crippen LogP contribution is 2.07. The van der Waals surface area contributed by atoms with E-state index in [-0.39, 0.29) is 18.7 Å². The van der Waals surface area contributed by atoms with Crippen LogP contribution in [-0.4, -0.2) is 54.6 Å². The van der Waals surface area contributed by atoms with E-state index in [2.05, 4.69) is 20.7 Å². The Kier molecular flexibility index (Phi) is 12.5. The summed E-state index contributed by atoms with van der Waals surface area (Å²) >= 11 is 0. The molecule has 0 aliphatic rings.